The van der Waals surface area contributed by atoms with Gasteiger partial charge in [0.25, 0.3) is 5.56 Å². The van der Waals surface area contributed by atoms with Crippen LogP contribution in [0.2, 0.25) is 0 Å². The van der Waals surface area contributed by atoms with Crippen molar-refractivity contribution in [2.75, 3.05) is 6.61 Å². The Hall–Kier alpha value is -2.42. The van der Waals surface area contributed by atoms with E-state index in [1.165, 1.54) is 41.7 Å². The van der Waals surface area contributed by atoms with Gasteiger partial charge in [-0.1, -0.05) is 64.7 Å². The number of imidazole rings is 1. The van der Waals surface area contributed by atoms with Gasteiger partial charge in [-0.3, -0.25) is 14.2 Å². The molecule has 0 radical (unpaired) electrons. The first kappa shape index (κ1) is 30.8. The largest absolute Gasteiger partial charge is 0.463 e. The lowest BCUT2D eigenvalue weighted by Crippen LogP contribution is -2.42. The Morgan fingerprint density at radius 2 is 1.51 bits per heavy atom. The standard InChI is InChI=1S/C28H48N4O5/c1-6-7-8-9-14-17-20-36-24(19-16-13-11-10-12-15-18-22(2)37-23(3)33)32-27(34)25-26(29-21-30(25)4)31(5)28(32)35/h21-22,24H,6-20H2,1-5H3. The molecule has 0 aromatic carbocycles. The molecule has 0 saturated carbocycles. The normalized spacial score (nSPS) is 13.2. The van der Waals surface area contributed by atoms with E-state index in [9.17, 15) is 14.4 Å². The number of ether oxygens (including phenoxy) is 2. The molecule has 0 fully saturated rings. The summed E-state index contributed by atoms with van der Waals surface area (Å²) >= 11 is 0. The highest BCUT2D eigenvalue weighted by molar-refractivity contribution is 5.69. The van der Waals surface area contributed by atoms with Crippen molar-refractivity contribution in [2.45, 2.75) is 123 Å². The summed E-state index contributed by atoms with van der Waals surface area (Å²) in [6.45, 7) is 6.12. The number of hydrogen-bond donors (Lipinski definition) is 0. The third kappa shape index (κ3) is 9.76. The average Bonchev–Trinajstić information content (AvgIpc) is 3.24. The Bertz CT molecular complexity index is 1070. The van der Waals surface area contributed by atoms with Crippen LogP contribution in [0.1, 0.15) is 117 Å². The lowest BCUT2D eigenvalue weighted by molar-refractivity contribution is -0.145. The van der Waals surface area contributed by atoms with Crippen LogP contribution in [-0.4, -0.2) is 37.4 Å². The van der Waals surface area contributed by atoms with Crippen LogP contribution in [-0.2, 0) is 28.4 Å². The van der Waals surface area contributed by atoms with Crippen molar-refractivity contribution in [1.29, 1.82) is 0 Å². The molecular formula is C28H48N4O5. The maximum atomic E-state index is 13.3. The van der Waals surface area contributed by atoms with Crippen LogP contribution in [0.3, 0.4) is 0 Å². The predicted molar refractivity (Wildman–Crippen MR) is 147 cm³/mol. The molecule has 0 spiro atoms. The summed E-state index contributed by atoms with van der Waals surface area (Å²) in [5.41, 5.74) is 0.0867. The molecule has 9 nitrogen and oxygen atoms in total. The number of esters is 1. The zero-order valence-corrected chi connectivity index (χ0v) is 23.7. The van der Waals surface area contributed by atoms with Gasteiger partial charge < -0.3 is 14.0 Å². The van der Waals surface area contributed by atoms with Crippen molar-refractivity contribution in [3.8, 4) is 0 Å². The van der Waals surface area contributed by atoms with Crippen molar-refractivity contribution in [3.63, 3.8) is 0 Å². The summed E-state index contributed by atoms with van der Waals surface area (Å²) in [6, 6.07) is 0. The summed E-state index contributed by atoms with van der Waals surface area (Å²) < 4.78 is 15.8. The van der Waals surface area contributed by atoms with Gasteiger partial charge in [-0.05, 0) is 39.0 Å². The maximum Gasteiger partial charge on any atom is 0.334 e. The molecule has 2 rings (SSSR count). The molecule has 0 bridgehead atoms. The minimum atomic E-state index is -0.578. The summed E-state index contributed by atoms with van der Waals surface area (Å²) in [5.74, 6) is -0.225. The molecule has 2 aromatic heterocycles. The molecule has 210 valence electrons. The van der Waals surface area contributed by atoms with Gasteiger partial charge in [-0.2, -0.15) is 0 Å². The number of carbonyl (C=O) groups is 1. The molecule has 2 heterocycles. The fraction of sp³-hybridized carbons (Fsp3) is 0.786. The van der Waals surface area contributed by atoms with E-state index >= 15 is 0 Å². The topological polar surface area (TPSA) is 97.3 Å². The third-order valence-electron chi connectivity index (χ3n) is 6.92. The quantitative estimate of drug-likeness (QED) is 0.182. The fourth-order valence-corrected chi connectivity index (χ4v) is 4.81. The van der Waals surface area contributed by atoms with E-state index in [1.807, 2.05) is 6.92 Å². The number of fused-ring (bicyclic) bond motifs is 1. The number of carbonyl (C=O) groups excluding carboxylic acids is 1. The SMILES string of the molecule is CCCCCCCCOC(CCCCCCCCC(C)OC(C)=O)n1c(=O)c2c(ncn2C)n(C)c1=O. The van der Waals surface area contributed by atoms with Crippen molar-refractivity contribution < 1.29 is 14.3 Å². The van der Waals surface area contributed by atoms with E-state index < -0.39 is 6.23 Å². The monoisotopic (exact) mass is 520 g/mol. The summed E-state index contributed by atoms with van der Waals surface area (Å²) in [5, 5.41) is 0. The molecule has 9 heteroatoms. The molecule has 0 aliphatic carbocycles. The second-order valence-electron chi connectivity index (χ2n) is 10.3. The van der Waals surface area contributed by atoms with Gasteiger partial charge in [0, 0.05) is 27.6 Å². The lowest BCUT2D eigenvalue weighted by Gasteiger charge is -2.21. The van der Waals surface area contributed by atoms with Gasteiger partial charge >= 0.3 is 11.7 Å². The first-order valence-electron chi connectivity index (χ1n) is 14.2. The summed E-state index contributed by atoms with van der Waals surface area (Å²) in [6.07, 6.45) is 15.6. The maximum absolute atomic E-state index is 13.3. The molecule has 0 amide bonds. The number of aryl methyl sites for hydroxylation is 2. The molecule has 0 aliphatic rings. The average molecular weight is 521 g/mol. The number of rotatable bonds is 19. The second-order valence-corrected chi connectivity index (χ2v) is 10.3. The van der Waals surface area contributed by atoms with Crippen LogP contribution in [0.4, 0.5) is 0 Å². The first-order valence-corrected chi connectivity index (χ1v) is 14.2. The van der Waals surface area contributed by atoms with Crippen molar-refractivity contribution in [1.82, 2.24) is 18.7 Å². The summed E-state index contributed by atoms with van der Waals surface area (Å²) in [7, 11) is 3.42. The van der Waals surface area contributed by atoms with Crippen molar-refractivity contribution >= 4 is 17.1 Å². The van der Waals surface area contributed by atoms with Crippen LogP contribution in [0, 0.1) is 0 Å². The van der Waals surface area contributed by atoms with Gasteiger partial charge in [0.15, 0.2) is 11.2 Å². The van der Waals surface area contributed by atoms with Gasteiger partial charge in [0.1, 0.15) is 6.23 Å². The molecule has 0 aliphatic heterocycles. The zero-order valence-electron chi connectivity index (χ0n) is 23.7. The Labute approximate surface area is 221 Å². The van der Waals surface area contributed by atoms with E-state index in [0.717, 1.165) is 57.8 Å². The highest BCUT2D eigenvalue weighted by Gasteiger charge is 2.22. The summed E-state index contributed by atoms with van der Waals surface area (Å²) in [4.78, 5) is 41.7. The van der Waals surface area contributed by atoms with Crippen LogP contribution in [0.25, 0.3) is 11.2 Å². The fourth-order valence-electron chi connectivity index (χ4n) is 4.81. The minimum Gasteiger partial charge on any atom is -0.463 e. The molecular weight excluding hydrogens is 472 g/mol. The first-order chi connectivity index (χ1) is 17.8. The Morgan fingerprint density at radius 3 is 2.16 bits per heavy atom. The van der Waals surface area contributed by atoms with Crippen LogP contribution in [0.15, 0.2) is 15.9 Å². The minimum absolute atomic E-state index is 0.0280. The Balaban J connectivity index is 1.94. The third-order valence-corrected chi connectivity index (χ3v) is 6.92. The van der Waals surface area contributed by atoms with Gasteiger partial charge in [0.2, 0.25) is 0 Å². The van der Waals surface area contributed by atoms with E-state index in [1.54, 1.807) is 25.0 Å². The van der Waals surface area contributed by atoms with Crippen molar-refractivity contribution in [3.05, 3.63) is 27.2 Å². The molecule has 2 aromatic rings. The van der Waals surface area contributed by atoms with Gasteiger partial charge in [0.05, 0.1) is 12.4 Å². The number of unbranched alkanes of at least 4 members (excludes halogenated alkanes) is 10. The van der Waals surface area contributed by atoms with E-state index in [2.05, 4.69) is 11.9 Å². The molecule has 2 unspecified atom stereocenters. The number of aromatic nitrogens is 4. The number of nitrogens with zero attached hydrogens (tertiary/aromatic N) is 4. The Kier molecular flexibility index (Phi) is 13.7. The predicted octanol–water partition coefficient (Wildman–Crippen LogP) is 5.38. The van der Waals surface area contributed by atoms with Gasteiger partial charge in [-0.25, -0.2) is 14.3 Å². The number of hydrogen-bond acceptors (Lipinski definition) is 6. The van der Waals surface area contributed by atoms with Crippen LogP contribution in [0.5, 0.6) is 0 Å². The van der Waals surface area contributed by atoms with Crippen LogP contribution < -0.4 is 11.2 Å². The van der Waals surface area contributed by atoms with Gasteiger partial charge in [-0.15, -0.1) is 0 Å². The van der Waals surface area contributed by atoms with E-state index in [0.29, 0.717) is 24.2 Å². The van der Waals surface area contributed by atoms with Crippen LogP contribution >= 0.6 is 0 Å². The molecule has 0 saturated heterocycles. The molecule has 0 N–H and O–H groups in total. The van der Waals surface area contributed by atoms with E-state index in [-0.39, 0.29) is 23.3 Å². The second kappa shape index (κ2) is 16.4. The van der Waals surface area contributed by atoms with E-state index in [4.69, 9.17) is 9.47 Å². The smallest absolute Gasteiger partial charge is 0.334 e. The zero-order chi connectivity index (χ0) is 27.2. The molecule has 2 atom stereocenters. The van der Waals surface area contributed by atoms with Crippen molar-refractivity contribution in [2.24, 2.45) is 14.1 Å². The highest BCUT2D eigenvalue weighted by atomic mass is 16.5. The molecule has 37 heavy (non-hydrogen) atoms. The highest BCUT2D eigenvalue weighted by Crippen LogP contribution is 2.19. The Morgan fingerprint density at radius 1 is 0.919 bits per heavy atom. The lowest BCUT2D eigenvalue weighted by atomic mass is 10.1.